The first kappa shape index (κ1) is 16.9. The van der Waals surface area contributed by atoms with Crippen LogP contribution in [0.5, 0.6) is 0 Å². The van der Waals surface area contributed by atoms with Crippen molar-refractivity contribution in [3.8, 4) is 0 Å². The largest absolute Gasteiger partial charge is 0.466 e. The molecule has 0 atom stereocenters. The molecule has 0 aliphatic rings. The van der Waals surface area contributed by atoms with Crippen LogP contribution in [-0.2, 0) is 9.53 Å². The minimum absolute atomic E-state index is 0.206. The fourth-order valence-electron chi connectivity index (χ4n) is 1.66. The maximum atomic E-state index is 10.5. The van der Waals surface area contributed by atoms with Gasteiger partial charge < -0.3 is 4.74 Å². The Morgan fingerprint density at radius 3 is 2.22 bits per heavy atom. The summed E-state index contributed by atoms with van der Waals surface area (Å²) in [6, 6.07) is 0. The van der Waals surface area contributed by atoms with Crippen molar-refractivity contribution in [1.29, 1.82) is 0 Å². The molecule has 0 rings (SSSR count). The van der Waals surface area contributed by atoms with E-state index in [4.69, 9.17) is 4.74 Å². The highest BCUT2D eigenvalue weighted by molar-refractivity contribution is 5.65. The Hall–Kier alpha value is -1.05. The SMILES string of the molecule is CCCCCCCC/C=C\C=C/CCOC(C)=O. The van der Waals surface area contributed by atoms with Gasteiger partial charge in [-0.1, -0.05) is 63.3 Å². The Balaban J connectivity index is 3.21. The molecule has 0 aromatic rings. The van der Waals surface area contributed by atoms with Gasteiger partial charge in [0.05, 0.1) is 6.61 Å². The zero-order valence-corrected chi connectivity index (χ0v) is 12.0. The third-order valence-corrected chi connectivity index (χ3v) is 2.70. The monoisotopic (exact) mass is 252 g/mol. The second kappa shape index (κ2) is 14.0. The number of hydrogen-bond donors (Lipinski definition) is 0. The Morgan fingerprint density at radius 2 is 1.56 bits per heavy atom. The van der Waals surface area contributed by atoms with Crippen molar-refractivity contribution in [2.75, 3.05) is 6.61 Å². The number of unbranched alkanes of at least 4 members (excludes halogenated alkanes) is 6. The first-order valence-corrected chi connectivity index (χ1v) is 7.22. The third-order valence-electron chi connectivity index (χ3n) is 2.70. The van der Waals surface area contributed by atoms with E-state index in [1.165, 1.54) is 51.9 Å². The molecular formula is C16H28O2. The lowest BCUT2D eigenvalue weighted by atomic mass is 10.1. The molecule has 0 aliphatic heterocycles. The first-order valence-electron chi connectivity index (χ1n) is 7.22. The minimum Gasteiger partial charge on any atom is -0.466 e. The molecule has 0 saturated carbocycles. The second-order valence-electron chi connectivity index (χ2n) is 4.54. The lowest BCUT2D eigenvalue weighted by Crippen LogP contribution is -1.98. The fourth-order valence-corrected chi connectivity index (χ4v) is 1.66. The minimum atomic E-state index is -0.206. The summed E-state index contributed by atoms with van der Waals surface area (Å²) in [5.41, 5.74) is 0. The molecule has 0 fully saturated rings. The quantitative estimate of drug-likeness (QED) is 0.300. The van der Waals surface area contributed by atoms with Crippen LogP contribution in [0, 0.1) is 0 Å². The van der Waals surface area contributed by atoms with E-state index in [0.717, 1.165) is 6.42 Å². The molecule has 0 aromatic carbocycles. The van der Waals surface area contributed by atoms with Crippen LogP contribution in [0.3, 0.4) is 0 Å². The summed E-state index contributed by atoms with van der Waals surface area (Å²) in [5.74, 6) is -0.206. The van der Waals surface area contributed by atoms with Gasteiger partial charge in [0.15, 0.2) is 0 Å². The number of carbonyl (C=O) groups excluding carboxylic acids is 1. The summed E-state index contributed by atoms with van der Waals surface area (Å²) in [5, 5.41) is 0. The normalized spacial score (nSPS) is 11.4. The van der Waals surface area contributed by atoms with E-state index in [9.17, 15) is 4.79 Å². The van der Waals surface area contributed by atoms with Crippen LogP contribution >= 0.6 is 0 Å². The van der Waals surface area contributed by atoms with Gasteiger partial charge in [-0.2, -0.15) is 0 Å². The van der Waals surface area contributed by atoms with E-state index in [1.54, 1.807) is 0 Å². The zero-order chi connectivity index (χ0) is 13.5. The molecule has 0 aromatic heterocycles. The van der Waals surface area contributed by atoms with Gasteiger partial charge >= 0.3 is 5.97 Å². The molecule has 0 saturated heterocycles. The van der Waals surface area contributed by atoms with Crippen LogP contribution in [0.1, 0.15) is 65.2 Å². The van der Waals surface area contributed by atoms with Gasteiger partial charge in [0.2, 0.25) is 0 Å². The highest BCUT2D eigenvalue weighted by atomic mass is 16.5. The maximum absolute atomic E-state index is 10.5. The molecule has 2 nitrogen and oxygen atoms in total. The number of carbonyl (C=O) groups is 1. The molecule has 0 unspecified atom stereocenters. The highest BCUT2D eigenvalue weighted by Gasteiger charge is 1.88. The van der Waals surface area contributed by atoms with Crippen LogP contribution in [0.25, 0.3) is 0 Å². The lowest BCUT2D eigenvalue weighted by Gasteiger charge is -1.97. The molecule has 0 N–H and O–H groups in total. The van der Waals surface area contributed by atoms with E-state index < -0.39 is 0 Å². The number of rotatable bonds is 11. The first-order chi connectivity index (χ1) is 8.77. The smallest absolute Gasteiger partial charge is 0.302 e. The molecule has 104 valence electrons. The van der Waals surface area contributed by atoms with Crippen LogP contribution in [0.4, 0.5) is 0 Å². The molecule has 0 spiro atoms. The molecule has 0 radical (unpaired) electrons. The van der Waals surface area contributed by atoms with Crippen LogP contribution < -0.4 is 0 Å². The van der Waals surface area contributed by atoms with Crippen molar-refractivity contribution >= 4 is 5.97 Å². The van der Waals surface area contributed by atoms with E-state index in [2.05, 4.69) is 19.1 Å². The Morgan fingerprint density at radius 1 is 0.944 bits per heavy atom. The van der Waals surface area contributed by atoms with Gasteiger partial charge in [0.1, 0.15) is 0 Å². The Kier molecular flexibility index (Phi) is 13.2. The predicted octanol–water partition coefficient (Wildman–Crippen LogP) is 4.80. The zero-order valence-electron chi connectivity index (χ0n) is 12.0. The highest BCUT2D eigenvalue weighted by Crippen LogP contribution is 2.07. The number of allylic oxidation sites excluding steroid dienone is 3. The van der Waals surface area contributed by atoms with Crippen LogP contribution in [-0.4, -0.2) is 12.6 Å². The Labute approximate surface area is 112 Å². The fraction of sp³-hybridized carbons (Fsp3) is 0.688. The van der Waals surface area contributed by atoms with E-state index >= 15 is 0 Å². The van der Waals surface area contributed by atoms with E-state index in [1.807, 2.05) is 12.2 Å². The average Bonchev–Trinajstić information content (AvgIpc) is 2.34. The van der Waals surface area contributed by atoms with Gasteiger partial charge in [0.25, 0.3) is 0 Å². The van der Waals surface area contributed by atoms with E-state index in [-0.39, 0.29) is 5.97 Å². The number of ether oxygens (including phenoxy) is 1. The summed E-state index contributed by atoms with van der Waals surface area (Å²) in [7, 11) is 0. The summed E-state index contributed by atoms with van der Waals surface area (Å²) >= 11 is 0. The molecule has 0 heterocycles. The average molecular weight is 252 g/mol. The van der Waals surface area contributed by atoms with Gasteiger partial charge in [-0.05, 0) is 19.3 Å². The van der Waals surface area contributed by atoms with Crippen molar-refractivity contribution in [2.24, 2.45) is 0 Å². The van der Waals surface area contributed by atoms with Gasteiger partial charge in [-0.15, -0.1) is 0 Å². The Bertz CT molecular complexity index is 241. The van der Waals surface area contributed by atoms with Crippen molar-refractivity contribution in [2.45, 2.75) is 65.2 Å². The van der Waals surface area contributed by atoms with Crippen LogP contribution in [0.2, 0.25) is 0 Å². The molecule has 2 heteroatoms. The molecule has 0 amide bonds. The topological polar surface area (TPSA) is 26.3 Å². The van der Waals surface area contributed by atoms with Crippen LogP contribution in [0.15, 0.2) is 24.3 Å². The summed E-state index contributed by atoms with van der Waals surface area (Å²) in [6.45, 7) is 4.16. The molecule has 0 aliphatic carbocycles. The summed E-state index contributed by atoms with van der Waals surface area (Å²) in [4.78, 5) is 10.5. The van der Waals surface area contributed by atoms with Crippen molar-refractivity contribution in [3.05, 3.63) is 24.3 Å². The van der Waals surface area contributed by atoms with Gasteiger partial charge in [-0.25, -0.2) is 0 Å². The second-order valence-corrected chi connectivity index (χ2v) is 4.54. The van der Waals surface area contributed by atoms with Crippen molar-refractivity contribution in [1.82, 2.24) is 0 Å². The molecular weight excluding hydrogens is 224 g/mol. The maximum Gasteiger partial charge on any atom is 0.302 e. The van der Waals surface area contributed by atoms with Crippen molar-refractivity contribution in [3.63, 3.8) is 0 Å². The summed E-state index contributed by atoms with van der Waals surface area (Å²) in [6.07, 6.45) is 18.4. The van der Waals surface area contributed by atoms with Gasteiger partial charge in [0, 0.05) is 6.92 Å². The van der Waals surface area contributed by atoms with Crippen molar-refractivity contribution < 1.29 is 9.53 Å². The number of hydrogen-bond acceptors (Lipinski definition) is 2. The van der Waals surface area contributed by atoms with Gasteiger partial charge in [-0.3, -0.25) is 4.79 Å². The molecule has 18 heavy (non-hydrogen) atoms. The number of esters is 1. The molecule has 0 bridgehead atoms. The van der Waals surface area contributed by atoms with E-state index in [0.29, 0.717) is 6.61 Å². The standard InChI is InChI=1S/C16H28O2/c1-3-4-5-6-7-8-9-10-11-12-13-14-15-18-16(2)17/h10-13H,3-9,14-15H2,1-2H3/b11-10-,13-12-. The summed E-state index contributed by atoms with van der Waals surface area (Å²) < 4.78 is 4.82. The lowest BCUT2D eigenvalue weighted by molar-refractivity contribution is -0.140. The predicted molar refractivity (Wildman–Crippen MR) is 77.5 cm³/mol. The third kappa shape index (κ3) is 14.9.